The van der Waals surface area contributed by atoms with Crippen LogP contribution in [0.2, 0.25) is 0 Å². The lowest BCUT2D eigenvalue weighted by atomic mass is 9.82. The monoisotopic (exact) mass is 446 g/mol. The number of aryl methyl sites for hydroxylation is 1. The summed E-state index contributed by atoms with van der Waals surface area (Å²) in [5.41, 5.74) is 4.10. The van der Waals surface area contributed by atoms with E-state index in [4.69, 9.17) is 4.74 Å². The lowest BCUT2D eigenvalue weighted by Crippen LogP contribution is -2.52. The molecule has 8 heteroatoms. The summed E-state index contributed by atoms with van der Waals surface area (Å²) in [6, 6.07) is 11.8. The first-order valence-corrected chi connectivity index (χ1v) is 11.5. The number of anilines is 2. The Bertz CT molecular complexity index is 1100. The fraction of sp³-hybridized carbons (Fsp3) is 0.440. The van der Waals surface area contributed by atoms with Crippen molar-refractivity contribution in [1.82, 2.24) is 20.0 Å². The van der Waals surface area contributed by atoms with E-state index in [1.54, 1.807) is 0 Å². The average molecular weight is 447 g/mol. The Morgan fingerprint density at radius 1 is 1.09 bits per heavy atom. The second-order valence-electron chi connectivity index (χ2n) is 9.55. The van der Waals surface area contributed by atoms with Gasteiger partial charge < -0.3 is 15.0 Å². The molecule has 0 unspecified atom stereocenters. The number of hydrogen-bond donors (Lipinski definition) is 1. The molecule has 0 atom stereocenters. The molecule has 3 aromatic rings. The largest absolute Gasteiger partial charge is 0.381 e. The molecule has 8 nitrogen and oxygen atoms in total. The van der Waals surface area contributed by atoms with Crippen molar-refractivity contribution in [3.05, 3.63) is 54.5 Å². The highest BCUT2D eigenvalue weighted by Gasteiger charge is 2.33. The van der Waals surface area contributed by atoms with Gasteiger partial charge in [0.25, 0.3) is 0 Å². The lowest BCUT2D eigenvalue weighted by molar-refractivity contribution is -0.120. The predicted octanol–water partition coefficient (Wildman–Crippen LogP) is 3.54. The highest BCUT2D eigenvalue weighted by atomic mass is 16.5. The quantitative estimate of drug-likeness (QED) is 0.623. The molecule has 1 aromatic carbocycles. The summed E-state index contributed by atoms with van der Waals surface area (Å²) in [6.45, 7) is 8.10. The normalized spacial score (nSPS) is 18.1. The first-order chi connectivity index (χ1) is 16.0. The molecule has 0 aliphatic carbocycles. The number of aromatic nitrogens is 4. The molecular formula is C25H30N6O2. The number of rotatable bonds is 6. The molecule has 172 valence electrons. The van der Waals surface area contributed by atoms with Gasteiger partial charge >= 0.3 is 0 Å². The number of carbonyl (C=O) groups excluding carboxylic acids is 1. The second kappa shape index (κ2) is 8.94. The van der Waals surface area contributed by atoms with Crippen LogP contribution in [0.4, 0.5) is 11.5 Å². The molecule has 4 heterocycles. The standard InChI is InChI=1S/C25H30N6O2/c1-18-3-8-23(29-28-18)30-14-21(15-30)24(32)27-22-6-4-19(5-7-22)20-13-26-31(16-20)17-25(2)9-11-33-12-10-25/h3-8,13,16,21H,9-12,14-15,17H2,1-2H3,(H,27,32). The molecule has 0 saturated carbocycles. The summed E-state index contributed by atoms with van der Waals surface area (Å²) in [7, 11) is 0. The van der Waals surface area contributed by atoms with E-state index in [0.717, 1.165) is 60.9 Å². The highest BCUT2D eigenvalue weighted by molar-refractivity contribution is 5.94. The SMILES string of the molecule is Cc1ccc(N2CC(C(=O)Nc3ccc(-c4cnn(CC5(C)CCOCC5)c4)cc3)C2)nn1. The van der Waals surface area contributed by atoms with Gasteiger partial charge in [-0.05, 0) is 55.0 Å². The number of nitrogens with one attached hydrogen (secondary N) is 1. The average Bonchev–Trinajstić information content (AvgIpc) is 3.23. The molecule has 1 amide bonds. The molecule has 2 fully saturated rings. The second-order valence-corrected chi connectivity index (χ2v) is 9.55. The number of carbonyl (C=O) groups is 1. The minimum atomic E-state index is -0.0439. The maximum absolute atomic E-state index is 12.6. The van der Waals surface area contributed by atoms with Crippen LogP contribution in [0.3, 0.4) is 0 Å². The van der Waals surface area contributed by atoms with Gasteiger partial charge in [-0.25, -0.2) is 0 Å². The molecule has 0 spiro atoms. The number of benzene rings is 1. The van der Waals surface area contributed by atoms with Crippen LogP contribution < -0.4 is 10.2 Å². The van der Waals surface area contributed by atoms with Gasteiger partial charge in [-0.3, -0.25) is 9.48 Å². The van der Waals surface area contributed by atoms with Crippen LogP contribution in [-0.2, 0) is 16.1 Å². The zero-order chi connectivity index (χ0) is 22.8. The van der Waals surface area contributed by atoms with E-state index in [1.165, 1.54) is 0 Å². The topological polar surface area (TPSA) is 85.2 Å². The first-order valence-electron chi connectivity index (χ1n) is 11.5. The summed E-state index contributed by atoms with van der Waals surface area (Å²) < 4.78 is 7.54. The van der Waals surface area contributed by atoms with E-state index in [0.29, 0.717) is 13.1 Å². The third-order valence-electron chi connectivity index (χ3n) is 6.72. The Hall–Kier alpha value is -3.26. The molecule has 0 bridgehead atoms. The van der Waals surface area contributed by atoms with Gasteiger partial charge in [0.1, 0.15) is 0 Å². The molecule has 2 aliphatic heterocycles. The van der Waals surface area contributed by atoms with E-state index in [9.17, 15) is 4.79 Å². The molecule has 2 saturated heterocycles. The fourth-order valence-corrected chi connectivity index (χ4v) is 4.39. The van der Waals surface area contributed by atoms with Crippen molar-refractivity contribution < 1.29 is 9.53 Å². The van der Waals surface area contributed by atoms with Gasteiger partial charge in [0.15, 0.2) is 5.82 Å². The fourth-order valence-electron chi connectivity index (χ4n) is 4.39. The number of nitrogens with zero attached hydrogens (tertiary/aromatic N) is 5. The van der Waals surface area contributed by atoms with Crippen LogP contribution in [0.1, 0.15) is 25.5 Å². The molecular weight excluding hydrogens is 416 g/mol. The summed E-state index contributed by atoms with van der Waals surface area (Å²) >= 11 is 0. The van der Waals surface area contributed by atoms with E-state index >= 15 is 0 Å². The Balaban J connectivity index is 1.15. The maximum atomic E-state index is 12.6. The van der Waals surface area contributed by atoms with E-state index in [-0.39, 0.29) is 17.2 Å². The van der Waals surface area contributed by atoms with Crippen LogP contribution in [0.25, 0.3) is 11.1 Å². The van der Waals surface area contributed by atoms with Crippen molar-refractivity contribution in [2.75, 3.05) is 36.5 Å². The van der Waals surface area contributed by atoms with Crippen LogP contribution in [-0.4, -0.2) is 52.2 Å². The van der Waals surface area contributed by atoms with E-state index in [2.05, 4.69) is 38.6 Å². The van der Waals surface area contributed by atoms with Crippen LogP contribution in [0.5, 0.6) is 0 Å². The zero-order valence-electron chi connectivity index (χ0n) is 19.2. The number of ether oxygens (including phenoxy) is 1. The van der Waals surface area contributed by atoms with Crippen LogP contribution in [0.15, 0.2) is 48.8 Å². The highest BCUT2D eigenvalue weighted by Crippen LogP contribution is 2.32. The van der Waals surface area contributed by atoms with Gasteiger partial charge in [-0.15, -0.1) is 5.10 Å². The summed E-state index contributed by atoms with van der Waals surface area (Å²) in [5, 5.41) is 15.9. The van der Waals surface area contributed by atoms with Crippen LogP contribution in [0, 0.1) is 18.3 Å². The van der Waals surface area contributed by atoms with Crippen LogP contribution >= 0.6 is 0 Å². The zero-order valence-corrected chi connectivity index (χ0v) is 19.2. The predicted molar refractivity (Wildman–Crippen MR) is 127 cm³/mol. The summed E-state index contributed by atoms with van der Waals surface area (Å²) in [4.78, 5) is 14.7. The van der Waals surface area contributed by atoms with Crippen molar-refractivity contribution in [3.63, 3.8) is 0 Å². The van der Waals surface area contributed by atoms with Gasteiger partial charge in [0.2, 0.25) is 5.91 Å². The summed E-state index contributed by atoms with van der Waals surface area (Å²) in [5.74, 6) is 0.814. The third-order valence-corrected chi connectivity index (χ3v) is 6.72. The van der Waals surface area contributed by atoms with Crippen molar-refractivity contribution in [1.29, 1.82) is 0 Å². The Kier molecular flexibility index (Phi) is 5.85. The Morgan fingerprint density at radius 3 is 2.55 bits per heavy atom. The van der Waals surface area contributed by atoms with E-state index < -0.39 is 0 Å². The van der Waals surface area contributed by atoms with Gasteiger partial charge in [-0.2, -0.15) is 10.2 Å². The molecule has 1 N–H and O–H groups in total. The molecule has 33 heavy (non-hydrogen) atoms. The molecule has 0 radical (unpaired) electrons. The smallest absolute Gasteiger partial charge is 0.231 e. The van der Waals surface area contributed by atoms with Crippen molar-refractivity contribution in [2.24, 2.45) is 11.3 Å². The number of amides is 1. The Morgan fingerprint density at radius 2 is 1.85 bits per heavy atom. The molecule has 2 aliphatic rings. The minimum absolute atomic E-state index is 0.0385. The molecule has 2 aromatic heterocycles. The van der Waals surface area contributed by atoms with Gasteiger partial charge in [0, 0.05) is 50.3 Å². The Labute approximate surface area is 194 Å². The number of hydrogen-bond acceptors (Lipinski definition) is 6. The van der Waals surface area contributed by atoms with Gasteiger partial charge in [-0.1, -0.05) is 19.1 Å². The summed E-state index contributed by atoms with van der Waals surface area (Å²) in [6.07, 6.45) is 6.14. The van der Waals surface area contributed by atoms with Crippen molar-refractivity contribution >= 4 is 17.4 Å². The molecule has 5 rings (SSSR count). The lowest BCUT2D eigenvalue weighted by Gasteiger charge is -2.38. The minimum Gasteiger partial charge on any atom is -0.381 e. The van der Waals surface area contributed by atoms with E-state index in [1.807, 2.05) is 54.2 Å². The van der Waals surface area contributed by atoms with Crippen molar-refractivity contribution in [3.8, 4) is 11.1 Å². The first kappa shape index (κ1) is 21.6. The maximum Gasteiger partial charge on any atom is 0.231 e. The van der Waals surface area contributed by atoms with Crippen molar-refractivity contribution in [2.45, 2.75) is 33.2 Å². The van der Waals surface area contributed by atoms with Gasteiger partial charge in [0.05, 0.1) is 17.8 Å². The third kappa shape index (κ3) is 4.90.